The molecule has 3 aromatic carbocycles. The fourth-order valence-electron chi connectivity index (χ4n) is 3.28. The summed E-state index contributed by atoms with van der Waals surface area (Å²) in [6, 6.07) is 22.2. The Hall–Kier alpha value is -3.86. The van der Waals surface area contributed by atoms with E-state index >= 15 is 0 Å². The molecule has 0 atom stereocenters. The quantitative estimate of drug-likeness (QED) is 0.285. The summed E-state index contributed by atoms with van der Waals surface area (Å²) < 4.78 is 2.09. The number of nitrogen functional groups attached to an aromatic ring is 1. The van der Waals surface area contributed by atoms with Crippen LogP contribution in [0.15, 0.2) is 72.8 Å². The van der Waals surface area contributed by atoms with Crippen molar-refractivity contribution in [3.8, 4) is 11.3 Å². The lowest BCUT2D eigenvalue weighted by atomic mass is 10.1. The SMILES string of the molecule is CC.CC.Cn1c(-c2ccc(NC(=O)c3ccc(N)cc3)cc2)cc2cc(C=O)ccc21. The lowest BCUT2D eigenvalue weighted by Crippen LogP contribution is -2.11. The second-order valence-corrected chi connectivity index (χ2v) is 6.68. The summed E-state index contributed by atoms with van der Waals surface area (Å²) in [5, 5.41) is 3.90. The molecule has 0 bridgehead atoms. The Labute approximate surface area is 189 Å². The third kappa shape index (κ3) is 5.43. The Morgan fingerprint density at radius 1 is 0.875 bits per heavy atom. The highest BCUT2D eigenvalue weighted by molar-refractivity contribution is 6.04. The number of rotatable bonds is 4. The third-order valence-corrected chi connectivity index (χ3v) is 4.81. The van der Waals surface area contributed by atoms with Crippen LogP contribution in [0.2, 0.25) is 0 Å². The maximum atomic E-state index is 12.3. The number of carbonyl (C=O) groups is 2. The van der Waals surface area contributed by atoms with Crippen LogP contribution in [0.3, 0.4) is 0 Å². The number of nitrogens with one attached hydrogen (secondary N) is 1. The van der Waals surface area contributed by atoms with Gasteiger partial charge in [-0.2, -0.15) is 0 Å². The van der Waals surface area contributed by atoms with Gasteiger partial charge in [-0.15, -0.1) is 0 Å². The number of aldehydes is 1. The van der Waals surface area contributed by atoms with Crippen LogP contribution in [-0.4, -0.2) is 16.8 Å². The number of nitrogens with two attached hydrogens (primary N) is 1. The zero-order chi connectivity index (χ0) is 23.7. The van der Waals surface area contributed by atoms with E-state index < -0.39 is 0 Å². The molecule has 5 nitrogen and oxygen atoms in total. The molecule has 0 saturated heterocycles. The number of carbonyl (C=O) groups excluding carboxylic acids is 2. The molecule has 0 fully saturated rings. The highest BCUT2D eigenvalue weighted by Gasteiger charge is 2.10. The number of hydrogen-bond donors (Lipinski definition) is 2. The highest BCUT2D eigenvalue weighted by atomic mass is 16.1. The molecule has 1 amide bonds. The van der Waals surface area contributed by atoms with Crippen molar-refractivity contribution in [1.82, 2.24) is 4.57 Å². The Morgan fingerprint density at radius 3 is 2.09 bits per heavy atom. The van der Waals surface area contributed by atoms with Crippen molar-refractivity contribution in [3.05, 3.63) is 83.9 Å². The maximum absolute atomic E-state index is 12.3. The van der Waals surface area contributed by atoms with Crippen molar-refractivity contribution in [2.75, 3.05) is 11.1 Å². The van der Waals surface area contributed by atoms with Crippen LogP contribution in [0.25, 0.3) is 22.2 Å². The minimum atomic E-state index is -0.182. The van der Waals surface area contributed by atoms with Gasteiger partial charge in [0.1, 0.15) is 6.29 Å². The summed E-state index contributed by atoms with van der Waals surface area (Å²) in [7, 11) is 2.00. The molecule has 32 heavy (non-hydrogen) atoms. The number of nitrogens with zero attached hydrogens (tertiary/aromatic N) is 1. The summed E-state index contributed by atoms with van der Waals surface area (Å²) >= 11 is 0. The minimum Gasteiger partial charge on any atom is -0.399 e. The molecule has 0 saturated carbocycles. The van der Waals surface area contributed by atoms with E-state index in [0.717, 1.165) is 28.4 Å². The van der Waals surface area contributed by atoms with E-state index in [9.17, 15) is 9.59 Å². The first-order valence-electron chi connectivity index (χ1n) is 10.9. The van der Waals surface area contributed by atoms with E-state index in [1.54, 1.807) is 24.3 Å². The Morgan fingerprint density at radius 2 is 1.50 bits per heavy atom. The van der Waals surface area contributed by atoms with E-state index in [1.807, 2.05) is 77.2 Å². The van der Waals surface area contributed by atoms with Gasteiger partial charge < -0.3 is 15.6 Å². The molecule has 3 N–H and O–H groups in total. The van der Waals surface area contributed by atoms with Gasteiger partial charge in [0.05, 0.1) is 0 Å². The number of anilines is 2. The number of aryl methyl sites for hydroxylation is 1. The molecule has 0 spiro atoms. The predicted octanol–water partition coefficient (Wildman–Crippen LogP) is 6.54. The van der Waals surface area contributed by atoms with Gasteiger partial charge in [0, 0.05) is 46.1 Å². The molecule has 0 unspecified atom stereocenters. The van der Waals surface area contributed by atoms with Crippen molar-refractivity contribution in [2.24, 2.45) is 7.05 Å². The number of fused-ring (bicyclic) bond motifs is 1. The Balaban J connectivity index is 0.000000860. The van der Waals surface area contributed by atoms with Gasteiger partial charge >= 0.3 is 0 Å². The predicted molar refractivity (Wildman–Crippen MR) is 135 cm³/mol. The molecular formula is C27H31N3O2. The molecule has 1 heterocycles. The molecular weight excluding hydrogens is 398 g/mol. The van der Waals surface area contributed by atoms with Gasteiger partial charge in [-0.05, 0) is 66.2 Å². The molecule has 0 aliphatic heterocycles. The smallest absolute Gasteiger partial charge is 0.255 e. The molecule has 166 valence electrons. The largest absolute Gasteiger partial charge is 0.399 e. The lowest BCUT2D eigenvalue weighted by Gasteiger charge is -2.08. The molecule has 0 aliphatic carbocycles. The van der Waals surface area contributed by atoms with Gasteiger partial charge in [-0.3, -0.25) is 9.59 Å². The van der Waals surface area contributed by atoms with Gasteiger partial charge in [-0.1, -0.05) is 39.8 Å². The summed E-state index contributed by atoms with van der Waals surface area (Å²) in [5.41, 5.74) is 11.3. The third-order valence-electron chi connectivity index (χ3n) is 4.81. The van der Waals surface area contributed by atoms with Crippen LogP contribution in [0.5, 0.6) is 0 Å². The van der Waals surface area contributed by atoms with E-state index in [1.165, 1.54) is 0 Å². The monoisotopic (exact) mass is 429 g/mol. The standard InChI is InChI=1S/C23H19N3O2.2C2H6/c1-26-21-11-2-15(14-27)12-18(21)13-22(26)16-5-9-20(10-6-16)25-23(28)17-3-7-19(24)8-4-17;2*1-2/h2-14H,24H2,1H3,(H,25,28);2*1-2H3. The molecule has 5 heteroatoms. The van der Waals surface area contributed by atoms with E-state index in [2.05, 4.69) is 16.0 Å². The summed E-state index contributed by atoms with van der Waals surface area (Å²) in [6.45, 7) is 8.00. The second-order valence-electron chi connectivity index (χ2n) is 6.68. The first-order valence-corrected chi connectivity index (χ1v) is 10.9. The molecule has 1 aromatic heterocycles. The second kappa shape index (κ2) is 11.5. The van der Waals surface area contributed by atoms with Crippen molar-refractivity contribution in [1.29, 1.82) is 0 Å². The fourth-order valence-corrected chi connectivity index (χ4v) is 3.28. The topological polar surface area (TPSA) is 77.1 Å². The van der Waals surface area contributed by atoms with Crippen molar-refractivity contribution in [2.45, 2.75) is 27.7 Å². The maximum Gasteiger partial charge on any atom is 0.255 e. The van der Waals surface area contributed by atoms with Gasteiger partial charge in [0.25, 0.3) is 5.91 Å². The van der Waals surface area contributed by atoms with Gasteiger partial charge in [0.2, 0.25) is 0 Å². The van der Waals surface area contributed by atoms with Crippen LogP contribution in [-0.2, 0) is 7.05 Å². The van der Waals surface area contributed by atoms with Crippen molar-refractivity contribution < 1.29 is 9.59 Å². The van der Waals surface area contributed by atoms with Crippen molar-refractivity contribution >= 4 is 34.5 Å². The van der Waals surface area contributed by atoms with Crippen LogP contribution < -0.4 is 11.1 Å². The van der Waals surface area contributed by atoms with Crippen LogP contribution in [0.4, 0.5) is 11.4 Å². The van der Waals surface area contributed by atoms with Crippen LogP contribution >= 0.6 is 0 Å². The number of hydrogen-bond acceptors (Lipinski definition) is 3. The lowest BCUT2D eigenvalue weighted by molar-refractivity contribution is 0.102. The Kier molecular flexibility index (Phi) is 8.78. The zero-order valence-corrected chi connectivity index (χ0v) is 19.3. The first-order chi connectivity index (χ1) is 15.5. The average molecular weight is 430 g/mol. The van der Waals surface area contributed by atoms with E-state index in [-0.39, 0.29) is 5.91 Å². The van der Waals surface area contributed by atoms with Crippen LogP contribution in [0.1, 0.15) is 48.4 Å². The van der Waals surface area contributed by atoms with Gasteiger partial charge in [0.15, 0.2) is 0 Å². The number of aromatic nitrogens is 1. The number of benzene rings is 3. The fraction of sp³-hybridized carbons (Fsp3) is 0.185. The van der Waals surface area contributed by atoms with Crippen LogP contribution in [0, 0.1) is 0 Å². The minimum absolute atomic E-state index is 0.182. The van der Waals surface area contributed by atoms with E-state index in [0.29, 0.717) is 22.5 Å². The molecule has 0 radical (unpaired) electrons. The molecule has 4 aromatic rings. The average Bonchev–Trinajstić information content (AvgIpc) is 3.18. The summed E-state index contributed by atoms with van der Waals surface area (Å²) in [4.78, 5) is 23.3. The molecule has 4 rings (SSSR count). The summed E-state index contributed by atoms with van der Waals surface area (Å²) in [6.07, 6.45) is 0.852. The molecule has 0 aliphatic rings. The normalized spacial score (nSPS) is 9.78. The van der Waals surface area contributed by atoms with Crippen molar-refractivity contribution in [3.63, 3.8) is 0 Å². The zero-order valence-electron chi connectivity index (χ0n) is 19.3. The number of amides is 1. The van der Waals surface area contributed by atoms with Gasteiger partial charge in [-0.25, -0.2) is 0 Å². The highest BCUT2D eigenvalue weighted by Crippen LogP contribution is 2.28. The first kappa shape index (κ1) is 24.4. The Bertz CT molecular complexity index is 1170. The van der Waals surface area contributed by atoms with E-state index in [4.69, 9.17) is 5.73 Å². The summed E-state index contributed by atoms with van der Waals surface area (Å²) in [5.74, 6) is -0.182.